The Morgan fingerprint density at radius 3 is 2.22 bits per heavy atom. The van der Waals surface area contributed by atoms with Crippen molar-refractivity contribution in [1.82, 2.24) is 0 Å². The van der Waals surface area contributed by atoms with E-state index in [9.17, 15) is 20.4 Å². The van der Waals surface area contributed by atoms with Gasteiger partial charge in [0, 0.05) is 5.25 Å². The van der Waals surface area contributed by atoms with Crippen molar-refractivity contribution < 1.29 is 39.7 Å². The van der Waals surface area contributed by atoms with E-state index in [1.54, 1.807) is 0 Å². The number of hydrogen-bond donors (Lipinski definition) is 5. The van der Waals surface area contributed by atoms with Gasteiger partial charge in [-0.15, -0.1) is 11.8 Å². The normalized spacial score (nSPS) is 44.9. The second kappa shape index (κ2) is 8.41. The fourth-order valence-corrected chi connectivity index (χ4v) is 4.20. The van der Waals surface area contributed by atoms with Gasteiger partial charge in [0.25, 0.3) is 0 Å². The Labute approximate surface area is 139 Å². The first-order chi connectivity index (χ1) is 10.9. The molecule has 0 saturated carbocycles. The van der Waals surface area contributed by atoms with Gasteiger partial charge in [0.05, 0.1) is 25.4 Å². The van der Waals surface area contributed by atoms with Crippen LogP contribution in [0.25, 0.3) is 0 Å². The lowest BCUT2D eigenvalue weighted by Crippen LogP contribution is -2.50. The quantitative estimate of drug-likeness (QED) is 0.384. The van der Waals surface area contributed by atoms with Gasteiger partial charge in [-0.1, -0.05) is 0 Å². The molecule has 5 N–H and O–H groups in total. The third kappa shape index (κ3) is 4.56. The average Bonchev–Trinajstić information content (AvgIpc) is 2.77. The largest absolute Gasteiger partial charge is 0.394 e. The predicted octanol–water partition coefficient (Wildman–Crippen LogP) is -1.58. The van der Waals surface area contributed by atoms with Crippen molar-refractivity contribution in [2.24, 2.45) is 0 Å². The Balaban J connectivity index is 1.97. The van der Waals surface area contributed by atoms with Crippen LogP contribution in [-0.4, -0.2) is 92.3 Å². The van der Waals surface area contributed by atoms with Crippen LogP contribution in [0.15, 0.2) is 0 Å². The molecular formula is C14H26O8S. The maximum absolute atomic E-state index is 10.2. The highest BCUT2D eigenvalue weighted by atomic mass is 32.2. The van der Waals surface area contributed by atoms with E-state index >= 15 is 0 Å². The van der Waals surface area contributed by atoms with Crippen LogP contribution >= 0.6 is 11.8 Å². The van der Waals surface area contributed by atoms with Crippen LogP contribution in [-0.2, 0) is 14.2 Å². The highest BCUT2D eigenvalue weighted by Gasteiger charge is 2.46. The number of ether oxygens (including phenoxy) is 3. The second-order valence-electron chi connectivity index (χ2n) is 6.09. The Hall–Kier alpha value is 0.0300. The van der Waals surface area contributed by atoms with E-state index in [0.29, 0.717) is 6.42 Å². The molecule has 2 aliphatic rings. The monoisotopic (exact) mass is 354 g/mol. The molecule has 2 heterocycles. The van der Waals surface area contributed by atoms with Crippen molar-refractivity contribution >= 4 is 11.8 Å². The minimum Gasteiger partial charge on any atom is -0.394 e. The summed E-state index contributed by atoms with van der Waals surface area (Å²) in [4.78, 5) is 0. The number of hydrogen-bond acceptors (Lipinski definition) is 9. The smallest absolute Gasteiger partial charge is 0.184 e. The third-order valence-electron chi connectivity index (χ3n) is 3.91. The molecule has 23 heavy (non-hydrogen) atoms. The van der Waals surface area contributed by atoms with Crippen molar-refractivity contribution in [3.05, 3.63) is 0 Å². The molecule has 2 fully saturated rings. The highest BCUT2D eigenvalue weighted by Crippen LogP contribution is 2.38. The predicted molar refractivity (Wildman–Crippen MR) is 81.7 cm³/mol. The third-order valence-corrected chi connectivity index (χ3v) is 5.41. The van der Waals surface area contributed by atoms with Gasteiger partial charge >= 0.3 is 0 Å². The topological polar surface area (TPSA) is 129 Å². The summed E-state index contributed by atoms with van der Waals surface area (Å²) in [6, 6.07) is 0. The molecule has 0 bridgehead atoms. The fourth-order valence-electron chi connectivity index (χ4n) is 2.70. The number of rotatable bonds is 6. The molecule has 2 rings (SSSR count). The van der Waals surface area contributed by atoms with Gasteiger partial charge in [-0.25, -0.2) is 0 Å². The zero-order valence-corrected chi connectivity index (χ0v) is 14.0. The molecule has 2 aliphatic heterocycles. The standard InChI is InChI=1S/C14H26O8S/c1-6(2)20-13-7(17)3-10(8(4-15)21-13)23-14-12(19)11(18)9(5-16)22-14/h6-19H,3-5H2,1-2H3/t7-,8-,9-,10-,11-,12+,13+,14-/m1/s1. The summed E-state index contributed by atoms with van der Waals surface area (Å²) in [7, 11) is 0. The molecule has 0 amide bonds. The van der Waals surface area contributed by atoms with Crippen molar-refractivity contribution in [2.75, 3.05) is 13.2 Å². The Morgan fingerprint density at radius 2 is 1.70 bits per heavy atom. The Morgan fingerprint density at radius 1 is 1.04 bits per heavy atom. The summed E-state index contributed by atoms with van der Waals surface area (Å²) in [5.74, 6) is 0. The molecule has 8 atom stereocenters. The van der Waals surface area contributed by atoms with E-state index in [1.807, 2.05) is 13.8 Å². The summed E-state index contributed by atoms with van der Waals surface area (Å²) in [6.45, 7) is 2.98. The summed E-state index contributed by atoms with van der Waals surface area (Å²) in [6.07, 6.45) is -5.27. The number of thioether (sulfide) groups is 1. The van der Waals surface area contributed by atoms with Crippen LogP contribution in [0.4, 0.5) is 0 Å². The van der Waals surface area contributed by atoms with E-state index in [2.05, 4.69) is 0 Å². The number of aliphatic hydroxyl groups is 5. The minimum atomic E-state index is -1.17. The van der Waals surface area contributed by atoms with Crippen LogP contribution < -0.4 is 0 Å². The zero-order valence-electron chi connectivity index (χ0n) is 13.2. The van der Waals surface area contributed by atoms with Crippen LogP contribution in [0, 0.1) is 0 Å². The van der Waals surface area contributed by atoms with E-state index in [-0.39, 0.29) is 18.0 Å². The van der Waals surface area contributed by atoms with E-state index in [1.165, 1.54) is 11.8 Å². The lowest BCUT2D eigenvalue weighted by atomic mass is 10.1. The summed E-state index contributed by atoms with van der Waals surface area (Å²) in [5.41, 5.74) is -0.764. The molecule has 136 valence electrons. The Bertz CT molecular complexity index is 371. The van der Waals surface area contributed by atoms with Crippen LogP contribution in [0.2, 0.25) is 0 Å². The first kappa shape index (κ1) is 19.4. The first-order valence-corrected chi connectivity index (χ1v) is 8.69. The van der Waals surface area contributed by atoms with Crippen LogP contribution in [0.1, 0.15) is 20.3 Å². The van der Waals surface area contributed by atoms with Gasteiger partial charge in [0.15, 0.2) is 6.29 Å². The molecule has 9 heteroatoms. The Kier molecular flexibility index (Phi) is 7.08. The van der Waals surface area contributed by atoms with Crippen molar-refractivity contribution in [1.29, 1.82) is 0 Å². The van der Waals surface area contributed by atoms with Crippen LogP contribution in [0.3, 0.4) is 0 Å². The van der Waals surface area contributed by atoms with E-state index in [4.69, 9.17) is 19.3 Å². The molecule has 0 unspecified atom stereocenters. The molecular weight excluding hydrogens is 328 g/mol. The van der Waals surface area contributed by atoms with E-state index < -0.39 is 48.9 Å². The van der Waals surface area contributed by atoms with Gasteiger partial charge in [-0.05, 0) is 20.3 Å². The second-order valence-corrected chi connectivity index (χ2v) is 7.44. The first-order valence-electron chi connectivity index (χ1n) is 7.75. The lowest BCUT2D eigenvalue weighted by molar-refractivity contribution is -0.254. The average molecular weight is 354 g/mol. The summed E-state index contributed by atoms with van der Waals surface area (Å²) < 4.78 is 16.5. The molecule has 0 radical (unpaired) electrons. The molecule has 0 spiro atoms. The maximum atomic E-state index is 10.2. The van der Waals surface area contributed by atoms with Gasteiger partial charge < -0.3 is 39.7 Å². The van der Waals surface area contributed by atoms with Gasteiger partial charge in [-0.3, -0.25) is 0 Å². The summed E-state index contributed by atoms with van der Waals surface area (Å²) >= 11 is 1.17. The SMILES string of the molecule is CC(C)O[C@H]1O[C@H](CO)[C@H](S[C@H]2O[C@H](CO)[C@@H](O)[C@@H]2O)C[C@H]1O. The summed E-state index contributed by atoms with van der Waals surface area (Å²) in [5, 5.41) is 48.2. The number of aliphatic hydroxyl groups excluding tert-OH is 5. The van der Waals surface area contributed by atoms with Crippen molar-refractivity contribution in [3.63, 3.8) is 0 Å². The van der Waals surface area contributed by atoms with Crippen LogP contribution in [0.5, 0.6) is 0 Å². The molecule has 8 nitrogen and oxygen atoms in total. The molecule has 0 aromatic rings. The van der Waals surface area contributed by atoms with Gasteiger partial charge in [-0.2, -0.15) is 0 Å². The lowest BCUT2D eigenvalue weighted by Gasteiger charge is -2.39. The van der Waals surface area contributed by atoms with Crippen molar-refractivity contribution in [3.8, 4) is 0 Å². The highest BCUT2D eigenvalue weighted by molar-refractivity contribution is 8.00. The molecule has 0 aliphatic carbocycles. The fraction of sp³-hybridized carbons (Fsp3) is 1.00. The minimum absolute atomic E-state index is 0.126. The zero-order chi connectivity index (χ0) is 17.1. The maximum Gasteiger partial charge on any atom is 0.184 e. The van der Waals surface area contributed by atoms with E-state index in [0.717, 1.165) is 0 Å². The molecule has 2 saturated heterocycles. The molecule has 0 aromatic carbocycles. The van der Waals surface area contributed by atoms with Gasteiger partial charge in [0.2, 0.25) is 0 Å². The van der Waals surface area contributed by atoms with Gasteiger partial charge in [0.1, 0.15) is 29.9 Å². The van der Waals surface area contributed by atoms with Crippen molar-refractivity contribution in [2.45, 2.75) is 73.9 Å². The molecule has 0 aromatic heterocycles.